The Bertz CT molecular complexity index is 308. The van der Waals surface area contributed by atoms with E-state index in [2.05, 4.69) is 11.8 Å². The molecule has 2 fully saturated rings. The van der Waals surface area contributed by atoms with Crippen LogP contribution in [0.25, 0.3) is 0 Å². The van der Waals surface area contributed by atoms with Gasteiger partial charge >= 0.3 is 6.03 Å². The molecule has 2 heterocycles. The van der Waals surface area contributed by atoms with E-state index >= 15 is 0 Å². The molecular formula is C15H29N3O2. The number of carbonyl (C=O) groups is 1. The SMILES string of the molecule is CCN(CC)C(=O)N1CC(N(CC)C2CCOCC2)C1. The molecule has 2 aliphatic rings. The maximum Gasteiger partial charge on any atom is 0.320 e. The van der Waals surface area contributed by atoms with Gasteiger partial charge in [-0.3, -0.25) is 4.90 Å². The maximum atomic E-state index is 12.2. The lowest BCUT2D eigenvalue weighted by molar-refractivity contribution is -0.0200. The van der Waals surface area contributed by atoms with Crippen molar-refractivity contribution >= 4 is 6.03 Å². The Morgan fingerprint density at radius 3 is 2.15 bits per heavy atom. The minimum absolute atomic E-state index is 0.203. The molecule has 0 aromatic rings. The van der Waals surface area contributed by atoms with Crippen molar-refractivity contribution < 1.29 is 9.53 Å². The molecule has 0 aliphatic carbocycles. The van der Waals surface area contributed by atoms with Gasteiger partial charge in [-0.25, -0.2) is 4.79 Å². The van der Waals surface area contributed by atoms with Gasteiger partial charge in [0.25, 0.3) is 0 Å². The quantitative estimate of drug-likeness (QED) is 0.769. The number of nitrogens with zero attached hydrogens (tertiary/aromatic N) is 3. The van der Waals surface area contributed by atoms with Crippen LogP contribution in [0.5, 0.6) is 0 Å². The number of likely N-dealkylation sites (N-methyl/N-ethyl adjacent to an activating group) is 1. The van der Waals surface area contributed by atoms with Crippen molar-refractivity contribution in [3.8, 4) is 0 Å². The molecule has 0 atom stereocenters. The highest BCUT2D eigenvalue weighted by Crippen LogP contribution is 2.23. The Morgan fingerprint density at radius 1 is 1.05 bits per heavy atom. The molecule has 2 amide bonds. The topological polar surface area (TPSA) is 36.0 Å². The minimum Gasteiger partial charge on any atom is -0.381 e. The number of likely N-dealkylation sites (tertiary alicyclic amines) is 1. The number of hydrogen-bond donors (Lipinski definition) is 0. The van der Waals surface area contributed by atoms with Crippen molar-refractivity contribution in [2.45, 2.75) is 45.7 Å². The standard InChI is InChI=1S/C15H29N3O2/c1-4-16(5-2)15(19)17-11-14(12-17)18(6-3)13-7-9-20-10-8-13/h13-14H,4-12H2,1-3H3. The van der Waals surface area contributed by atoms with E-state index in [-0.39, 0.29) is 6.03 Å². The van der Waals surface area contributed by atoms with Crippen LogP contribution in [0, 0.1) is 0 Å². The summed E-state index contributed by atoms with van der Waals surface area (Å²) in [6, 6.07) is 1.39. The predicted octanol–water partition coefficient (Wildman–Crippen LogP) is 1.63. The van der Waals surface area contributed by atoms with E-state index in [1.54, 1.807) is 0 Å². The summed E-state index contributed by atoms with van der Waals surface area (Å²) in [5.41, 5.74) is 0. The molecule has 2 saturated heterocycles. The fourth-order valence-electron chi connectivity index (χ4n) is 3.35. The molecule has 2 rings (SSSR count). The highest BCUT2D eigenvalue weighted by molar-refractivity contribution is 5.75. The summed E-state index contributed by atoms with van der Waals surface area (Å²) in [6.45, 7) is 12.5. The van der Waals surface area contributed by atoms with Crippen LogP contribution < -0.4 is 0 Å². The van der Waals surface area contributed by atoms with Crippen LogP contribution in [-0.4, -0.2) is 78.8 Å². The fraction of sp³-hybridized carbons (Fsp3) is 0.933. The lowest BCUT2D eigenvalue weighted by Crippen LogP contribution is -2.65. The second-order valence-corrected chi connectivity index (χ2v) is 5.69. The third-order valence-corrected chi connectivity index (χ3v) is 4.66. The maximum absolute atomic E-state index is 12.2. The summed E-state index contributed by atoms with van der Waals surface area (Å²) in [6.07, 6.45) is 2.27. The Kier molecular flexibility index (Phi) is 5.66. The van der Waals surface area contributed by atoms with Gasteiger partial charge in [0.1, 0.15) is 0 Å². The highest BCUT2D eigenvalue weighted by Gasteiger charge is 2.38. The van der Waals surface area contributed by atoms with Gasteiger partial charge in [0.05, 0.1) is 0 Å². The van der Waals surface area contributed by atoms with Crippen molar-refractivity contribution in [3.63, 3.8) is 0 Å². The van der Waals surface area contributed by atoms with E-state index in [0.29, 0.717) is 12.1 Å². The zero-order valence-corrected chi connectivity index (χ0v) is 13.2. The van der Waals surface area contributed by atoms with Crippen LogP contribution in [0.2, 0.25) is 0 Å². The minimum atomic E-state index is 0.203. The summed E-state index contributed by atoms with van der Waals surface area (Å²) in [4.78, 5) is 18.7. The predicted molar refractivity (Wildman–Crippen MR) is 79.9 cm³/mol. The van der Waals surface area contributed by atoms with Gasteiger partial charge in [-0.15, -0.1) is 0 Å². The van der Waals surface area contributed by atoms with E-state index in [9.17, 15) is 4.79 Å². The first-order chi connectivity index (χ1) is 9.71. The number of rotatable bonds is 5. The molecule has 0 saturated carbocycles. The van der Waals surface area contributed by atoms with E-state index in [0.717, 1.165) is 58.8 Å². The first kappa shape index (κ1) is 15.6. The van der Waals surface area contributed by atoms with Crippen molar-refractivity contribution in [1.29, 1.82) is 0 Å². The molecule has 116 valence electrons. The van der Waals surface area contributed by atoms with Crippen LogP contribution in [0.1, 0.15) is 33.6 Å². The molecule has 0 unspecified atom stereocenters. The number of urea groups is 1. The van der Waals surface area contributed by atoms with Crippen LogP contribution in [0.4, 0.5) is 4.79 Å². The average Bonchev–Trinajstić information content (AvgIpc) is 2.44. The number of amides is 2. The summed E-state index contributed by atoms with van der Waals surface area (Å²) in [5.74, 6) is 0. The summed E-state index contributed by atoms with van der Waals surface area (Å²) >= 11 is 0. The zero-order valence-electron chi connectivity index (χ0n) is 13.2. The number of carbonyl (C=O) groups excluding carboxylic acids is 1. The van der Waals surface area contributed by atoms with Crippen LogP contribution in [0.3, 0.4) is 0 Å². The second-order valence-electron chi connectivity index (χ2n) is 5.69. The summed E-state index contributed by atoms with van der Waals surface area (Å²) < 4.78 is 5.45. The third-order valence-electron chi connectivity index (χ3n) is 4.66. The van der Waals surface area contributed by atoms with Crippen molar-refractivity contribution in [1.82, 2.24) is 14.7 Å². The van der Waals surface area contributed by atoms with E-state index in [1.807, 2.05) is 23.6 Å². The van der Waals surface area contributed by atoms with E-state index < -0.39 is 0 Å². The molecule has 0 spiro atoms. The van der Waals surface area contributed by atoms with Crippen LogP contribution in [0.15, 0.2) is 0 Å². The number of ether oxygens (including phenoxy) is 1. The first-order valence-electron chi connectivity index (χ1n) is 8.08. The molecule has 0 radical (unpaired) electrons. The van der Waals surface area contributed by atoms with Crippen molar-refractivity contribution in [2.75, 3.05) is 45.9 Å². The van der Waals surface area contributed by atoms with Crippen molar-refractivity contribution in [3.05, 3.63) is 0 Å². The number of hydrogen-bond acceptors (Lipinski definition) is 3. The Morgan fingerprint density at radius 2 is 1.65 bits per heavy atom. The smallest absolute Gasteiger partial charge is 0.320 e. The van der Waals surface area contributed by atoms with Crippen LogP contribution >= 0.6 is 0 Å². The van der Waals surface area contributed by atoms with Gasteiger partial charge in [0, 0.05) is 51.5 Å². The Labute approximate surface area is 122 Å². The third kappa shape index (κ3) is 3.26. The Balaban J connectivity index is 1.82. The van der Waals surface area contributed by atoms with Crippen LogP contribution in [-0.2, 0) is 4.74 Å². The lowest BCUT2D eigenvalue weighted by atomic mass is 10.0. The monoisotopic (exact) mass is 283 g/mol. The first-order valence-corrected chi connectivity index (χ1v) is 8.08. The normalized spacial score (nSPS) is 21.1. The fourth-order valence-corrected chi connectivity index (χ4v) is 3.35. The summed E-state index contributed by atoms with van der Waals surface area (Å²) in [7, 11) is 0. The highest BCUT2D eigenvalue weighted by atomic mass is 16.5. The lowest BCUT2D eigenvalue weighted by Gasteiger charge is -2.49. The molecule has 2 aliphatic heterocycles. The largest absolute Gasteiger partial charge is 0.381 e. The van der Waals surface area contributed by atoms with Gasteiger partial charge < -0.3 is 14.5 Å². The second kappa shape index (κ2) is 7.27. The van der Waals surface area contributed by atoms with E-state index in [4.69, 9.17) is 4.74 Å². The average molecular weight is 283 g/mol. The Hall–Kier alpha value is -0.810. The van der Waals surface area contributed by atoms with Gasteiger partial charge in [0.15, 0.2) is 0 Å². The molecular weight excluding hydrogens is 254 g/mol. The molecule has 0 aromatic heterocycles. The summed E-state index contributed by atoms with van der Waals surface area (Å²) in [5, 5.41) is 0. The molecule has 0 aromatic carbocycles. The van der Waals surface area contributed by atoms with Crippen molar-refractivity contribution in [2.24, 2.45) is 0 Å². The molecule has 5 nitrogen and oxygen atoms in total. The molecule has 5 heteroatoms. The van der Waals surface area contributed by atoms with Gasteiger partial charge in [-0.2, -0.15) is 0 Å². The van der Waals surface area contributed by atoms with E-state index in [1.165, 1.54) is 0 Å². The zero-order chi connectivity index (χ0) is 14.5. The van der Waals surface area contributed by atoms with Gasteiger partial charge in [-0.1, -0.05) is 6.92 Å². The molecule has 20 heavy (non-hydrogen) atoms. The van der Waals surface area contributed by atoms with Gasteiger partial charge in [0.2, 0.25) is 0 Å². The van der Waals surface area contributed by atoms with Gasteiger partial charge in [-0.05, 0) is 33.2 Å². The molecule has 0 N–H and O–H groups in total. The molecule has 0 bridgehead atoms.